The van der Waals surface area contributed by atoms with Gasteiger partial charge in [0.05, 0.1) is 18.1 Å². The van der Waals surface area contributed by atoms with Gasteiger partial charge in [0.25, 0.3) is 5.91 Å². The fraction of sp³-hybridized carbons (Fsp3) is 0.406. The zero-order valence-electron chi connectivity index (χ0n) is 24.1. The van der Waals surface area contributed by atoms with Crippen LogP contribution in [-0.4, -0.2) is 34.5 Å². The van der Waals surface area contributed by atoms with Crippen LogP contribution in [0.3, 0.4) is 0 Å². The SMILES string of the molecule is CCC(CC)n1c(Cc2cccs2)nc2cc(C(=O)N[C@@H](CC(C)C)C(=O)NCc3ccccc3OC)ccc21. The molecule has 0 aliphatic heterocycles. The van der Waals surface area contributed by atoms with Gasteiger partial charge in [0, 0.05) is 35.0 Å². The van der Waals surface area contributed by atoms with Gasteiger partial charge in [0.15, 0.2) is 0 Å². The Morgan fingerprint density at radius 2 is 1.82 bits per heavy atom. The second-order valence-corrected chi connectivity index (χ2v) is 11.5. The third-order valence-corrected chi connectivity index (χ3v) is 8.10. The number of rotatable bonds is 13. The highest BCUT2D eigenvalue weighted by atomic mass is 32.1. The molecule has 0 aliphatic carbocycles. The van der Waals surface area contributed by atoms with Crippen LogP contribution < -0.4 is 15.4 Å². The minimum atomic E-state index is -0.658. The molecule has 1 atom stereocenters. The van der Waals surface area contributed by atoms with E-state index in [0.717, 1.165) is 41.7 Å². The largest absolute Gasteiger partial charge is 0.496 e. The Morgan fingerprint density at radius 3 is 2.50 bits per heavy atom. The van der Waals surface area contributed by atoms with Gasteiger partial charge in [-0.1, -0.05) is 52.0 Å². The molecule has 2 aromatic carbocycles. The summed E-state index contributed by atoms with van der Waals surface area (Å²) in [4.78, 5) is 32.8. The van der Waals surface area contributed by atoms with Crippen molar-refractivity contribution in [3.8, 4) is 5.75 Å². The number of fused-ring (bicyclic) bond motifs is 1. The quantitative estimate of drug-likeness (QED) is 0.195. The molecular formula is C32H40N4O3S. The number of ether oxygens (including phenoxy) is 1. The molecule has 2 aromatic heterocycles. The van der Waals surface area contributed by atoms with Crippen molar-refractivity contribution in [1.29, 1.82) is 0 Å². The molecule has 0 bridgehead atoms. The molecule has 7 nitrogen and oxygen atoms in total. The van der Waals surface area contributed by atoms with Crippen LogP contribution in [0, 0.1) is 5.92 Å². The number of hydrogen-bond donors (Lipinski definition) is 2. The summed E-state index contributed by atoms with van der Waals surface area (Å²) in [5.41, 5.74) is 3.21. The lowest BCUT2D eigenvalue weighted by molar-refractivity contribution is -0.123. The molecule has 4 aromatic rings. The van der Waals surface area contributed by atoms with Crippen molar-refractivity contribution >= 4 is 34.2 Å². The first-order valence-electron chi connectivity index (χ1n) is 14.1. The summed E-state index contributed by atoms with van der Waals surface area (Å²) >= 11 is 1.73. The summed E-state index contributed by atoms with van der Waals surface area (Å²) in [5.74, 6) is 1.45. The Kier molecular flexibility index (Phi) is 9.98. The number of para-hydroxylation sites is 1. The fourth-order valence-electron chi connectivity index (χ4n) is 5.14. The first-order chi connectivity index (χ1) is 19.3. The van der Waals surface area contributed by atoms with Crippen molar-refractivity contribution in [2.45, 2.75) is 72.0 Å². The first-order valence-corrected chi connectivity index (χ1v) is 15.0. The van der Waals surface area contributed by atoms with E-state index < -0.39 is 6.04 Å². The summed E-state index contributed by atoms with van der Waals surface area (Å²) < 4.78 is 7.74. The van der Waals surface area contributed by atoms with E-state index >= 15 is 0 Å². The van der Waals surface area contributed by atoms with Crippen LogP contribution in [0.25, 0.3) is 11.0 Å². The number of aromatic nitrogens is 2. The highest BCUT2D eigenvalue weighted by Gasteiger charge is 2.24. The number of carbonyl (C=O) groups is 2. The summed E-state index contributed by atoms with van der Waals surface area (Å²) in [6.45, 7) is 8.80. The minimum absolute atomic E-state index is 0.217. The molecule has 2 amide bonds. The standard InChI is InChI=1S/C32H40N4O3S/c1-6-24(7-2)36-28-15-14-22(18-26(28)34-30(36)19-25-12-10-16-40-25)31(37)35-27(17-21(3)4)32(38)33-20-23-11-8-9-13-29(23)39-5/h8-16,18,21,24,27H,6-7,17,19-20H2,1-5H3,(H,33,38)(H,35,37)/t27-/m0/s1. The topological polar surface area (TPSA) is 85.2 Å². The normalized spacial score (nSPS) is 12.2. The van der Waals surface area contributed by atoms with Crippen molar-refractivity contribution in [3.63, 3.8) is 0 Å². The molecule has 0 fully saturated rings. The number of methoxy groups -OCH3 is 1. The van der Waals surface area contributed by atoms with Crippen molar-refractivity contribution < 1.29 is 14.3 Å². The molecule has 0 spiro atoms. The average molecular weight is 561 g/mol. The monoisotopic (exact) mass is 560 g/mol. The third kappa shape index (κ3) is 6.91. The summed E-state index contributed by atoms with van der Waals surface area (Å²) in [7, 11) is 1.61. The lowest BCUT2D eigenvalue weighted by atomic mass is 10.0. The van der Waals surface area contributed by atoms with E-state index in [2.05, 4.69) is 46.6 Å². The number of amides is 2. The molecule has 0 aliphatic rings. The van der Waals surface area contributed by atoms with Gasteiger partial charge in [-0.25, -0.2) is 4.98 Å². The van der Waals surface area contributed by atoms with Crippen LogP contribution in [0.1, 0.15) is 79.6 Å². The summed E-state index contributed by atoms with van der Waals surface area (Å²) in [6.07, 6.45) is 3.29. The third-order valence-electron chi connectivity index (χ3n) is 7.22. The van der Waals surface area contributed by atoms with Gasteiger partial charge in [0.1, 0.15) is 17.6 Å². The Hall–Kier alpha value is -3.65. The predicted molar refractivity (Wildman–Crippen MR) is 162 cm³/mol. The molecule has 2 heterocycles. The van der Waals surface area contributed by atoms with E-state index in [-0.39, 0.29) is 17.7 Å². The van der Waals surface area contributed by atoms with Gasteiger partial charge in [-0.3, -0.25) is 9.59 Å². The lowest BCUT2D eigenvalue weighted by Gasteiger charge is -2.21. The Bertz CT molecular complexity index is 1420. The maximum absolute atomic E-state index is 13.4. The number of imidazole rings is 1. The second-order valence-electron chi connectivity index (χ2n) is 10.5. The van der Waals surface area contributed by atoms with E-state index in [9.17, 15) is 9.59 Å². The Labute approximate surface area is 241 Å². The number of benzene rings is 2. The number of nitrogens with one attached hydrogen (secondary N) is 2. The second kappa shape index (κ2) is 13.6. The Balaban J connectivity index is 1.55. The van der Waals surface area contributed by atoms with Crippen LogP contribution in [0.15, 0.2) is 60.0 Å². The van der Waals surface area contributed by atoms with E-state index in [1.165, 1.54) is 4.88 Å². The zero-order chi connectivity index (χ0) is 28.6. The van der Waals surface area contributed by atoms with Crippen LogP contribution >= 0.6 is 11.3 Å². The molecule has 8 heteroatoms. The van der Waals surface area contributed by atoms with Crippen LogP contribution in [-0.2, 0) is 17.8 Å². The van der Waals surface area contributed by atoms with Crippen molar-refractivity contribution in [1.82, 2.24) is 20.2 Å². The van der Waals surface area contributed by atoms with Gasteiger partial charge in [-0.2, -0.15) is 0 Å². The van der Waals surface area contributed by atoms with Crippen molar-refractivity contribution in [2.75, 3.05) is 7.11 Å². The van der Waals surface area contributed by atoms with Gasteiger partial charge >= 0.3 is 0 Å². The minimum Gasteiger partial charge on any atom is -0.496 e. The summed E-state index contributed by atoms with van der Waals surface area (Å²) in [5, 5.41) is 8.04. The number of hydrogen-bond acceptors (Lipinski definition) is 5. The number of carbonyl (C=O) groups excluding carboxylic acids is 2. The highest BCUT2D eigenvalue weighted by molar-refractivity contribution is 7.09. The molecule has 40 heavy (non-hydrogen) atoms. The molecule has 2 N–H and O–H groups in total. The average Bonchev–Trinajstić information content (AvgIpc) is 3.59. The van der Waals surface area contributed by atoms with Crippen molar-refractivity contribution in [2.24, 2.45) is 5.92 Å². The first kappa shape index (κ1) is 29.3. The maximum atomic E-state index is 13.4. The van der Waals surface area contributed by atoms with E-state index in [0.29, 0.717) is 30.3 Å². The van der Waals surface area contributed by atoms with Crippen molar-refractivity contribution in [3.05, 3.63) is 81.8 Å². The molecule has 0 saturated heterocycles. The smallest absolute Gasteiger partial charge is 0.252 e. The maximum Gasteiger partial charge on any atom is 0.252 e. The van der Waals surface area contributed by atoms with E-state index in [4.69, 9.17) is 9.72 Å². The van der Waals surface area contributed by atoms with Gasteiger partial charge in [-0.15, -0.1) is 11.3 Å². The molecule has 0 unspecified atom stereocenters. The Morgan fingerprint density at radius 1 is 1.05 bits per heavy atom. The summed E-state index contributed by atoms with van der Waals surface area (Å²) in [6, 6.07) is 17.1. The molecule has 212 valence electrons. The molecule has 0 saturated carbocycles. The van der Waals surface area contributed by atoms with E-state index in [1.807, 2.05) is 56.3 Å². The van der Waals surface area contributed by atoms with E-state index in [1.54, 1.807) is 18.4 Å². The van der Waals surface area contributed by atoms with Gasteiger partial charge < -0.3 is 19.9 Å². The van der Waals surface area contributed by atoms with Gasteiger partial charge in [0.2, 0.25) is 5.91 Å². The predicted octanol–water partition coefficient (Wildman–Crippen LogP) is 6.52. The van der Waals surface area contributed by atoms with Crippen LogP contribution in [0.5, 0.6) is 5.75 Å². The van der Waals surface area contributed by atoms with Crippen LogP contribution in [0.4, 0.5) is 0 Å². The lowest BCUT2D eigenvalue weighted by Crippen LogP contribution is -2.47. The fourth-order valence-corrected chi connectivity index (χ4v) is 5.85. The molecule has 4 rings (SSSR count). The van der Waals surface area contributed by atoms with Crippen LogP contribution in [0.2, 0.25) is 0 Å². The number of nitrogens with zero attached hydrogens (tertiary/aromatic N) is 2. The van der Waals surface area contributed by atoms with Gasteiger partial charge in [-0.05, 0) is 60.9 Å². The molecular weight excluding hydrogens is 520 g/mol. The zero-order valence-corrected chi connectivity index (χ0v) is 24.9. The molecule has 0 radical (unpaired) electrons. The highest BCUT2D eigenvalue weighted by Crippen LogP contribution is 2.28. The number of thiophene rings is 1.